The van der Waals surface area contributed by atoms with Crippen molar-refractivity contribution in [3.8, 4) is 0 Å². The van der Waals surface area contributed by atoms with Gasteiger partial charge in [0.1, 0.15) is 11.5 Å². The molecule has 1 aromatic carbocycles. The predicted octanol–water partition coefficient (Wildman–Crippen LogP) is 3.45. The third kappa shape index (κ3) is 3.77. The SMILES string of the molecule is Cc1cc(C(=O)NCC(N)c2ccc(C(C)C)cc2)c(C)o1. The maximum absolute atomic E-state index is 12.1. The van der Waals surface area contributed by atoms with Gasteiger partial charge in [0, 0.05) is 12.6 Å². The van der Waals surface area contributed by atoms with Crippen LogP contribution in [-0.2, 0) is 0 Å². The summed E-state index contributed by atoms with van der Waals surface area (Å²) in [4.78, 5) is 12.1. The second-order valence-corrected chi connectivity index (χ2v) is 5.96. The van der Waals surface area contributed by atoms with Gasteiger partial charge < -0.3 is 15.5 Å². The lowest BCUT2D eigenvalue weighted by atomic mass is 9.99. The third-order valence-corrected chi connectivity index (χ3v) is 3.80. The Kier molecular flexibility index (Phi) is 5.03. The van der Waals surface area contributed by atoms with E-state index in [0.717, 1.165) is 11.3 Å². The van der Waals surface area contributed by atoms with Crippen molar-refractivity contribution in [2.45, 2.75) is 39.7 Å². The summed E-state index contributed by atoms with van der Waals surface area (Å²) in [6, 6.07) is 9.75. The Labute approximate surface area is 131 Å². The molecule has 3 N–H and O–H groups in total. The van der Waals surface area contributed by atoms with Gasteiger partial charge in [-0.3, -0.25) is 4.79 Å². The minimum Gasteiger partial charge on any atom is -0.466 e. The number of hydrogen-bond acceptors (Lipinski definition) is 3. The van der Waals surface area contributed by atoms with Crippen LogP contribution in [0, 0.1) is 13.8 Å². The molecule has 22 heavy (non-hydrogen) atoms. The number of aryl methyl sites for hydroxylation is 2. The Morgan fingerprint density at radius 2 is 1.77 bits per heavy atom. The van der Waals surface area contributed by atoms with Gasteiger partial charge in [0.2, 0.25) is 0 Å². The molecular formula is C18H24N2O2. The summed E-state index contributed by atoms with van der Waals surface area (Å²) >= 11 is 0. The molecule has 4 nitrogen and oxygen atoms in total. The van der Waals surface area contributed by atoms with Crippen molar-refractivity contribution in [2.24, 2.45) is 5.73 Å². The van der Waals surface area contributed by atoms with Crippen LogP contribution < -0.4 is 11.1 Å². The molecule has 0 radical (unpaired) electrons. The quantitative estimate of drug-likeness (QED) is 0.888. The highest BCUT2D eigenvalue weighted by Gasteiger charge is 2.15. The summed E-state index contributed by atoms with van der Waals surface area (Å²) < 4.78 is 5.37. The van der Waals surface area contributed by atoms with E-state index < -0.39 is 0 Å². The first-order valence-electron chi connectivity index (χ1n) is 7.59. The summed E-state index contributed by atoms with van der Waals surface area (Å²) in [7, 11) is 0. The van der Waals surface area contributed by atoms with E-state index in [0.29, 0.717) is 23.8 Å². The third-order valence-electron chi connectivity index (χ3n) is 3.80. The van der Waals surface area contributed by atoms with Gasteiger partial charge in [-0.25, -0.2) is 0 Å². The maximum Gasteiger partial charge on any atom is 0.254 e. The highest BCUT2D eigenvalue weighted by atomic mass is 16.3. The van der Waals surface area contributed by atoms with Gasteiger partial charge in [-0.2, -0.15) is 0 Å². The number of rotatable bonds is 5. The molecule has 0 bridgehead atoms. The van der Waals surface area contributed by atoms with E-state index in [1.165, 1.54) is 5.56 Å². The highest BCUT2D eigenvalue weighted by Crippen LogP contribution is 2.18. The van der Waals surface area contributed by atoms with Crippen LogP contribution >= 0.6 is 0 Å². The van der Waals surface area contributed by atoms with Crippen LogP contribution in [-0.4, -0.2) is 12.5 Å². The van der Waals surface area contributed by atoms with Crippen molar-refractivity contribution in [3.05, 3.63) is 58.5 Å². The van der Waals surface area contributed by atoms with Crippen molar-refractivity contribution >= 4 is 5.91 Å². The van der Waals surface area contributed by atoms with Crippen LogP contribution in [0.25, 0.3) is 0 Å². The van der Waals surface area contributed by atoms with E-state index in [1.54, 1.807) is 13.0 Å². The molecule has 4 heteroatoms. The van der Waals surface area contributed by atoms with Crippen molar-refractivity contribution in [1.29, 1.82) is 0 Å². The lowest BCUT2D eigenvalue weighted by Gasteiger charge is -2.14. The van der Waals surface area contributed by atoms with E-state index >= 15 is 0 Å². The number of furan rings is 1. The zero-order valence-corrected chi connectivity index (χ0v) is 13.6. The van der Waals surface area contributed by atoms with E-state index in [1.807, 2.05) is 19.1 Å². The molecule has 0 saturated carbocycles. The smallest absolute Gasteiger partial charge is 0.254 e. The normalized spacial score (nSPS) is 12.5. The Morgan fingerprint density at radius 3 is 2.27 bits per heavy atom. The first-order chi connectivity index (χ1) is 10.4. The summed E-state index contributed by atoms with van der Waals surface area (Å²) in [5, 5.41) is 2.86. The maximum atomic E-state index is 12.1. The van der Waals surface area contributed by atoms with Gasteiger partial charge in [-0.05, 0) is 37.0 Å². The largest absolute Gasteiger partial charge is 0.466 e. The van der Waals surface area contributed by atoms with Crippen LogP contribution in [0.5, 0.6) is 0 Å². The van der Waals surface area contributed by atoms with Crippen LogP contribution in [0.15, 0.2) is 34.7 Å². The van der Waals surface area contributed by atoms with Crippen molar-refractivity contribution in [2.75, 3.05) is 6.54 Å². The minimum absolute atomic E-state index is 0.149. The molecule has 0 aliphatic rings. The van der Waals surface area contributed by atoms with Crippen LogP contribution in [0.3, 0.4) is 0 Å². The van der Waals surface area contributed by atoms with Crippen molar-refractivity contribution in [3.63, 3.8) is 0 Å². The lowest BCUT2D eigenvalue weighted by molar-refractivity contribution is 0.0949. The average Bonchev–Trinajstić information content (AvgIpc) is 2.83. The molecule has 1 unspecified atom stereocenters. The number of hydrogen-bond donors (Lipinski definition) is 2. The topological polar surface area (TPSA) is 68.3 Å². The Balaban J connectivity index is 1.96. The van der Waals surface area contributed by atoms with E-state index in [4.69, 9.17) is 10.2 Å². The summed E-state index contributed by atoms with van der Waals surface area (Å²) in [5.74, 6) is 1.71. The molecule has 0 fully saturated rings. The zero-order valence-electron chi connectivity index (χ0n) is 13.6. The lowest BCUT2D eigenvalue weighted by Crippen LogP contribution is -2.32. The average molecular weight is 300 g/mol. The molecule has 2 rings (SSSR count). The molecule has 118 valence electrons. The van der Waals surface area contributed by atoms with Gasteiger partial charge in [-0.1, -0.05) is 38.1 Å². The van der Waals surface area contributed by atoms with Gasteiger partial charge in [-0.15, -0.1) is 0 Å². The molecule has 0 aliphatic carbocycles. The number of benzene rings is 1. The van der Waals surface area contributed by atoms with E-state index in [-0.39, 0.29) is 11.9 Å². The standard InChI is InChI=1S/C18H24N2O2/c1-11(2)14-5-7-15(8-6-14)17(19)10-20-18(21)16-9-12(3)22-13(16)4/h5-9,11,17H,10,19H2,1-4H3,(H,20,21). The van der Waals surface area contributed by atoms with Gasteiger partial charge in [0.05, 0.1) is 5.56 Å². The fourth-order valence-electron chi connectivity index (χ4n) is 2.40. The predicted molar refractivity (Wildman–Crippen MR) is 88.0 cm³/mol. The van der Waals surface area contributed by atoms with Gasteiger partial charge in [0.25, 0.3) is 5.91 Å². The van der Waals surface area contributed by atoms with E-state index in [9.17, 15) is 4.79 Å². The molecular weight excluding hydrogens is 276 g/mol. The van der Waals surface area contributed by atoms with Crippen LogP contribution in [0.4, 0.5) is 0 Å². The van der Waals surface area contributed by atoms with Crippen molar-refractivity contribution in [1.82, 2.24) is 5.32 Å². The Bertz CT molecular complexity index is 642. The first-order valence-corrected chi connectivity index (χ1v) is 7.59. The minimum atomic E-state index is -0.224. The summed E-state index contributed by atoms with van der Waals surface area (Å²) in [6.45, 7) is 8.32. The van der Waals surface area contributed by atoms with Crippen LogP contribution in [0.1, 0.15) is 58.8 Å². The molecule has 0 spiro atoms. The summed E-state index contributed by atoms with van der Waals surface area (Å²) in [6.07, 6.45) is 0. The molecule has 1 aromatic heterocycles. The van der Waals surface area contributed by atoms with Crippen LogP contribution in [0.2, 0.25) is 0 Å². The Morgan fingerprint density at radius 1 is 1.18 bits per heavy atom. The number of nitrogens with two attached hydrogens (primary N) is 1. The second-order valence-electron chi connectivity index (χ2n) is 5.96. The fraction of sp³-hybridized carbons (Fsp3) is 0.389. The monoisotopic (exact) mass is 300 g/mol. The number of nitrogens with one attached hydrogen (secondary N) is 1. The van der Waals surface area contributed by atoms with Crippen molar-refractivity contribution < 1.29 is 9.21 Å². The van der Waals surface area contributed by atoms with Gasteiger partial charge >= 0.3 is 0 Å². The number of amides is 1. The van der Waals surface area contributed by atoms with Gasteiger partial charge in [0.15, 0.2) is 0 Å². The second kappa shape index (κ2) is 6.79. The Hall–Kier alpha value is -2.07. The molecule has 1 atom stereocenters. The molecule has 2 aromatic rings. The number of carbonyl (C=O) groups excluding carboxylic acids is 1. The summed E-state index contributed by atoms with van der Waals surface area (Å²) in [5.41, 5.74) is 9.02. The zero-order chi connectivity index (χ0) is 16.3. The molecule has 0 saturated heterocycles. The highest BCUT2D eigenvalue weighted by molar-refractivity contribution is 5.95. The molecule has 1 heterocycles. The number of carbonyl (C=O) groups is 1. The fourth-order valence-corrected chi connectivity index (χ4v) is 2.40. The molecule has 1 amide bonds. The van der Waals surface area contributed by atoms with E-state index in [2.05, 4.69) is 31.3 Å². The first kappa shape index (κ1) is 16.3. The molecule has 0 aliphatic heterocycles.